The number of nitrogens with one attached hydrogen (secondary N) is 1. The molecule has 0 unspecified atom stereocenters. The van der Waals surface area contributed by atoms with Gasteiger partial charge in [0.25, 0.3) is 0 Å². The summed E-state index contributed by atoms with van der Waals surface area (Å²) in [5.74, 6) is 0.585. The molecule has 1 atom stereocenters. The molecular formula is C18H24N4O3. The molecule has 2 rings (SSSR count). The van der Waals surface area contributed by atoms with Gasteiger partial charge in [-0.15, -0.1) is 0 Å². The number of carbonyl (C=O) groups is 2. The first-order valence-electron chi connectivity index (χ1n) is 8.06. The lowest BCUT2D eigenvalue weighted by atomic mass is 10.0. The van der Waals surface area contributed by atoms with E-state index < -0.39 is 12.1 Å². The average Bonchev–Trinajstić information content (AvgIpc) is 2.86. The SMILES string of the molecule is Cc1ccc([C@H](CC(=O)N(C)Cc2c(C)noc2C)NC(N)=O)cc1. The van der Waals surface area contributed by atoms with Gasteiger partial charge in [0.05, 0.1) is 24.7 Å². The Labute approximate surface area is 147 Å². The van der Waals surface area contributed by atoms with Crippen LogP contribution in [0.4, 0.5) is 4.79 Å². The smallest absolute Gasteiger partial charge is 0.312 e. The Morgan fingerprint density at radius 3 is 2.40 bits per heavy atom. The van der Waals surface area contributed by atoms with E-state index in [0.717, 1.165) is 22.4 Å². The molecule has 7 heteroatoms. The molecule has 1 aromatic heterocycles. The Morgan fingerprint density at radius 2 is 1.88 bits per heavy atom. The standard InChI is InChI=1S/C18H24N4O3/c1-11-5-7-14(8-6-11)16(20-18(19)24)9-17(23)22(4)10-15-12(2)21-25-13(15)3/h5-8,16H,9-10H2,1-4H3,(H3,19,20,24)/t16-/m0/s1. The number of amides is 3. The van der Waals surface area contributed by atoms with E-state index in [4.69, 9.17) is 10.3 Å². The van der Waals surface area contributed by atoms with E-state index in [2.05, 4.69) is 10.5 Å². The maximum Gasteiger partial charge on any atom is 0.312 e. The Kier molecular flexibility index (Phi) is 5.80. The normalized spacial score (nSPS) is 11.8. The summed E-state index contributed by atoms with van der Waals surface area (Å²) >= 11 is 0. The van der Waals surface area contributed by atoms with Gasteiger partial charge in [0.2, 0.25) is 5.91 Å². The van der Waals surface area contributed by atoms with Crippen LogP contribution in [0.1, 0.15) is 40.6 Å². The van der Waals surface area contributed by atoms with Gasteiger partial charge in [0, 0.05) is 12.6 Å². The second-order valence-electron chi connectivity index (χ2n) is 6.23. The molecule has 134 valence electrons. The fourth-order valence-corrected chi connectivity index (χ4v) is 2.61. The second kappa shape index (κ2) is 7.83. The zero-order valence-electron chi connectivity index (χ0n) is 15.0. The van der Waals surface area contributed by atoms with Crippen LogP contribution in [0.2, 0.25) is 0 Å². The van der Waals surface area contributed by atoms with E-state index in [1.54, 1.807) is 11.9 Å². The molecule has 1 heterocycles. The Hall–Kier alpha value is -2.83. The number of hydrogen-bond donors (Lipinski definition) is 2. The van der Waals surface area contributed by atoms with Crippen molar-refractivity contribution in [3.05, 3.63) is 52.4 Å². The zero-order valence-corrected chi connectivity index (χ0v) is 15.0. The lowest BCUT2D eigenvalue weighted by molar-refractivity contribution is -0.130. The first-order valence-corrected chi connectivity index (χ1v) is 8.06. The number of aryl methyl sites for hydroxylation is 3. The number of primary amides is 1. The molecule has 0 aliphatic rings. The van der Waals surface area contributed by atoms with Crippen LogP contribution in [-0.4, -0.2) is 29.0 Å². The van der Waals surface area contributed by atoms with Gasteiger partial charge in [0.15, 0.2) is 0 Å². The summed E-state index contributed by atoms with van der Waals surface area (Å²) in [6.07, 6.45) is 0.117. The zero-order chi connectivity index (χ0) is 18.6. The molecule has 0 saturated carbocycles. The van der Waals surface area contributed by atoms with Gasteiger partial charge in [-0.1, -0.05) is 35.0 Å². The number of urea groups is 1. The fourth-order valence-electron chi connectivity index (χ4n) is 2.61. The minimum atomic E-state index is -0.660. The minimum absolute atomic E-state index is 0.112. The molecule has 1 aromatic carbocycles. The van der Waals surface area contributed by atoms with Gasteiger partial charge in [-0.05, 0) is 26.3 Å². The number of rotatable bonds is 6. The molecule has 2 aromatic rings. The molecule has 0 fully saturated rings. The Morgan fingerprint density at radius 1 is 1.24 bits per heavy atom. The van der Waals surface area contributed by atoms with Crippen molar-refractivity contribution < 1.29 is 14.1 Å². The number of aromatic nitrogens is 1. The van der Waals surface area contributed by atoms with Crippen LogP contribution in [0.15, 0.2) is 28.8 Å². The molecular weight excluding hydrogens is 320 g/mol. The summed E-state index contributed by atoms with van der Waals surface area (Å²) in [5.41, 5.74) is 8.86. The largest absolute Gasteiger partial charge is 0.361 e. The highest BCUT2D eigenvalue weighted by Gasteiger charge is 2.21. The maximum absolute atomic E-state index is 12.6. The molecule has 25 heavy (non-hydrogen) atoms. The van der Waals surface area contributed by atoms with Crippen LogP contribution < -0.4 is 11.1 Å². The van der Waals surface area contributed by atoms with Crippen molar-refractivity contribution in [2.75, 3.05) is 7.05 Å². The van der Waals surface area contributed by atoms with Crippen molar-refractivity contribution in [3.8, 4) is 0 Å². The van der Waals surface area contributed by atoms with Gasteiger partial charge in [-0.2, -0.15) is 0 Å². The molecule has 7 nitrogen and oxygen atoms in total. The van der Waals surface area contributed by atoms with Crippen LogP contribution in [0, 0.1) is 20.8 Å². The third-order valence-electron chi connectivity index (χ3n) is 4.18. The van der Waals surface area contributed by atoms with Gasteiger partial charge >= 0.3 is 6.03 Å². The molecule has 3 amide bonds. The monoisotopic (exact) mass is 344 g/mol. The highest BCUT2D eigenvalue weighted by Crippen LogP contribution is 2.20. The van der Waals surface area contributed by atoms with E-state index >= 15 is 0 Å². The van der Waals surface area contributed by atoms with Crippen molar-refractivity contribution in [2.24, 2.45) is 5.73 Å². The number of nitrogens with two attached hydrogens (primary N) is 1. The number of hydrogen-bond acceptors (Lipinski definition) is 4. The minimum Gasteiger partial charge on any atom is -0.361 e. The molecule has 0 bridgehead atoms. The lowest BCUT2D eigenvalue weighted by Crippen LogP contribution is -2.37. The van der Waals surface area contributed by atoms with E-state index in [-0.39, 0.29) is 12.3 Å². The van der Waals surface area contributed by atoms with Gasteiger partial charge in [0.1, 0.15) is 5.76 Å². The molecule has 3 N–H and O–H groups in total. The first-order chi connectivity index (χ1) is 11.8. The van der Waals surface area contributed by atoms with E-state index in [1.807, 2.05) is 45.0 Å². The summed E-state index contributed by atoms with van der Waals surface area (Å²) < 4.78 is 5.13. The number of carbonyl (C=O) groups excluding carboxylic acids is 2. The number of benzene rings is 1. The summed E-state index contributed by atoms with van der Waals surface area (Å²) in [5, 5.41) is 6.54. The topological polar surface area (TPSA) is 101 Å². The molecule has 0 spiro atoms. The lowest BCUT2D eigenvalue weighted by Gasteiger charge is -2.22. The predicted molar refractivity (Wildman–Crippen MR) is 93.7 cm³/mol. The van der Waals surface area contributed by atoms with E-state index in [1.165, 1.54) is 0 Å². The predicted octanol–water partition coefficient (Wildman–Crippen LogP) is 2.36. The van der Waals surface area contributed by atoms with Crippen molar-refractivity contribution >= 4 is 11.9 Å². The third kappa shape index (κ3) is 4.82. The van der Waals surface area contributed by atoms with Crippen LogP contribution in [0.25, 0.3) is 0 Å². The van der Waals surface area contributed by atoms with E-state index in [9.17, 15) is 9.59 Å². The second-order valence-corrected chi connectivity index (χ2v) is 6.23. The fraction of sp³-hybridized carbons (Fsp3) is 0.389. The molecule has 0 aliphatic carbocycles. The molecule has 0 aliphatic heterocycles. The molecule has 0 radical (unpaired) electrons. The maximum atomic E-state index is 12.6. The van der Waals surface area contributed by atoms with Gasteiger partial charge in [-0.25, -0.2) is 4.79 Å². The highest BCUT2D eigenvalue weighted by atomic mass is 16.5. The Bertz CT molecular complexity index is 733. The van der Waals surface area contributed by atoms with Crippen molar-refractivity contribution in [3.63, 3.8) is 0 Å². The Balaban J connectivity index is 2.10. The van der Waals surface area contributed by atoms with Crippen LogP contribution in [-0.2, 0) is 11.3 Å². The quantitative estimate of drug-likeness (QED) is 0.840. The summed E-state index contributed by atoms with van der Waals surface area (Å²) in [6.45, 7) is 6.03. The summed E-state index contributed by atoms with van der Waals surface area (Å²) in [4.78, 5) is 25.5. The first kappa shape index (κ1) is 18.5. The van der Waals surface area contributed by atoms with Crippen molar-refractivity contribution in [2.45, 2.75) is 39.8 Å². The third-order valence-corrected chi connectivity index (χ3v) is 4.18. The van der Waals surface area contributed by atoms with Crippen LogP contribution in [0.3, 0.4) is 0 Å². The van der Waals surface area contributed by atoms with Crippen molar-refractivity contribution in [1.29, 1.82) is 0 Å². The highest BCUT2D eigenvalue weighted by molar-refractivity contribution is 5.78. The van der Waals surface area contributed by atoms with Crippen LogP contribution >= 0.6 is 0 Å². The summed E-state index contributed by atoms with van der Waals surface area (Å²) in [6, 6.07) is 6.51. The van der Waals surface area contributed by atoms with E-state index in [0.29, 0.717) is 12.3 Å². The molecule has 0 saturated heterocycles. The van der Waals surface area contributed by atoms with Gasteiger partial charge < -0.3 is 20.5 Å². The number of nitrogens with zero attached hydrogens (tertiary/aromatic N) is 2. The van der Waals surface area contributed by atoms with Gasteiger partial charge in [-0.3, -0.25) is 4.79 Å². The average molecular weight is 344 g/mol. The van der Waals surface area contributed by atoms with Crippen molar-refractivity contribution in [1.82, 2.24) is 15.4 Å². The van der Waals surface area contributed by atoms with Crippen LogP contribution in [0.5, 0.6) is 0 Å². The summed E-state index contributed by atoms with van der Waals surface area (Å²) in [7, 11) is 1.71.